The highest BCUT2D eigenvalue weighted by Gasteiger charge is 2.31. The minimum atomic E-state index is -4.40. The number of anilines is 1. The molecule has 0 radical (unpaired) electrons. The number of halogens is 3. The second-order valence-electron chi connectivity index (χ2n) is 11.8. The number of aliphatic hydroxyl groups is 1. The number of rotatable bonds is 8. The van der Waals surface area contributed by atoms with Crippen LogP contribution in [0.2, 0.25) is 0 Å². The number of aliphatic hydroxyl groups excluding tert-OH is 1. The first-order chi connectivity index (χ1) is 20.6. The van der Waals surface area contributed by atoms with Crippen molar-refractivity contribution in [2.24, 2.45) is 5.92 Å². The van der Waals surface area contributed by atoms with Crippen LogP contribution in [0.4, 0.5) is 18.9 Å². The maximum Gasteiger partial charge on any atom is 0.416 e. The summed E-state index contributed by atoms with van der Waals surface area (Å²) in [4.78, 5) is 17.6. The SMILES string of the molecule is C[C@H](CO)N1C[C@H](C)[C@H](CN(C)Cc2ccc(C(F)(F)F)cc2)OCCCC[C@H](C)Oc2ccc(NS(C)(=O)=O)cc2C1=O. The van der Waals surface area contributed by atoms with E-state index in [1.165, 1.54) is 18.2 Å². The lowest BCUT2D eigenvalue weighted by Gasteiger charge is -2.36. The molecule has 1 aliphatic rings. The summed E-state index contributed by atoms with van der Waals surface area (Å²) in [6.45, 7) is 6.84. The Kier molecular flexibility index (Phi) is 12.5. The van der Waals surface area contributed by atoms with E-state index in [9.17, 15) is 31.5 Å². The number of alkyl halides is 3. The van der Waals surface area contributed by atoms with Crippen molar-refractivity contribution < 1.29 is 41.0 Å². The molecule has 2 aromatic rings. The lowest BCUT2D eigenvalue weighted by Crippen LogP contribution is -2.47. The van der Waals surface area contributed by atoms with Gasteiger partial charge in [0.2, 0.25) is 10.0 Å². The van der Waals surface area contributed by atoms with Crippen molar-refractivity contribution in [3.05, 3.63) is 59.2 Å². The van der Waals surface area contributed by atoms with Crippen molar-refractivity contribution in [2.45, 2.75) is 71.0 Å². The van der Waals surface area contributed by atoms with E-state index in [4.69, 9.17) is 9.47 Å². The van der Waals surface area contributed by atoms with Gasteiger partial charge in [-0.2, -0.15) is 13.2 Å². The van der Waals surface area contributed by atoms with E-state index >= 15 is 0 Å². The summed E-state index contributed by atoms with van der Waals surface area (Å²) in [7, 11) is -1.74. The van der Waals surface area contributed by atoms with Gasteiger partial charge in [-0.3, -0.25) is 14.4 Å². The van der Waals surface area contributed by atoms with Crippen LogP contribution in [-0.4, -0.2) is 87.1 Å². The first-order valence-corrected chi connectivity index (χ1v) is 16.6. The topological polar surface area (TPSA) is 108 Å². The second kappa shape index (κ2) is 15.4. The van der Waals surface area contributed by atoms with E-state index in [0.29, 0.717) is 31.9 Å². The predicted molar refractivity (Wildman–Crippen MR) is 163 cm³/mol. The average Bonchev–Trinajstić information content (AvgIpc) is 2.93. The Morgan fingerprint density at radius 3 is 2.43 bits per heavy atom. The normalized spacial score (nSPS) is 21.7. The molecule has 3 rings (SSSR count). The summed E-state index contributed by atoms with van der Waals surface area (Å²) in [5, 5.41) is 10.1. The molecule has 0 saturated heterocycles. The van der Waals surface area contributed by atoms with E-state index in [1.54, 1.807) is 24.0 Å². The minimum absolute atomic E-state index is 0.173. The number of ether oxygens (including phenoxy) is 2. The minimum Gasteiger partial charge on any atom is -0.490 e. The van der Waals surface area contributed by atoms with Gasteiger partial charge in [0.25, 0.3) is 5.91 Å². The zero-order valence-corrected chi connectivity index (χ0v) is 26.7. The monoisotopic (exact) mass is 643 g/mol. The van der Waals surface area contributed by atoms with E-state index in [1.807, 2.05) is 25.8 Å². The standard InChI is InChI=1S/C31H44F3N3O6S/c1-21-17-37(22(2)20-38)30(39)27-16-26(35-44(5,40)41)13-14-28(27)43-23(3)8-6-7-15-42-29(21)19-36(4)18-24-9-11-25(12-10-24)31(32,33)34/h9-14,16,21-23,29,35,38H,6-8,15,17-20H2,1-5H3/t21-,22+,23-,29-/m0/s1. The second-order valence-corrected chi connectivity index (χ2v) is 13.5. The molecular weight excluding hydrogens is 599 g/mol. The highest BCUT2D eigenvalue weighted by Crippen LogP contribution is 2.30. The highest BCUT2D eigenvalue weighted by molar-refractivity contribution is 7.92. The third-order valence-electron chi connectivity index (χ3n) is 7.58. The predicted octanol–water partition coefficient (Wildman–Crippen LogP) is 5.00. The van der Waals surface area contributed by atoms with Crippen LogP contribution < -0.4 is 9.46 Å². The van der Waals surface area contributed by atoms with Gasteiger partial charge in [0.05, 0.1) is 42.2 Å². The molecule has 2 N–H and O–H groups in total. The fourth-order valence-electron chi connectivity index (χ4n) is 5.15. The lowest BCUT2D eigenvalue weighted by atomic mass is 10.0. The number of hydrogen-bond donors (Lipinski definition) is 2. The van der Waals surface area contributed by atoms with Gasteiger partial charge in [-0.15, -0.1) is 0 Å². The molecule has 44 heavy (non-hydrogen) atoms. The summed E-state index contributed by atoms with van der Waals surface area (Å²) < 4.78 is 77.7. The fourth-order valence-corrected chi connectivity index (χ4v) is 5.70. The van der Waals surface area contributed by atoms with Crippen molar-refractivity contribution in [1.82, 2.24) is 9.80 Å². The van der Waals surface area contributed by atoms with E-state index < -0.39 is 33.7 Å². The van der Waals surface area contributed by atoms with Gasteiger partial charge in [0.15, 0.2) is 0 Å². The highest BCUT2D eigenvalue weighted by atomic mass is 32.2. The zero-order chi connectivity index (χ0) is 32.7. The molecule has 2 aromatic carbocycles. The number of nitrogens with zero attached hydrogens (tertiary/aromatic N) is 2. The Morgan fingerprint density at radius 2 is 1.82 bits per heavy atom. The molecule has 0 spiro atoms. The van der Waals surface area contributed by atoms with Crippen LogP contribution >= 0.6 is 0 Å². The Morgan fingerprint density at radius 1 is 1.14 bits per heavy atom. The van der Waals surface area contributed by atoms with Crippen LogP contribution in [0, 0.1) is 5.92 Å². The first-order valence-electron chi connectivity index (χ1n) is 14.7. The molecule has 13 heteroatoms. The molecule has 0 unspecified atom stereocenters. The van der Waals surface area contributed by atoms with Gasteiger partial charge in [-0.25, -0.2) is 8.42 Å². The van der Waals surface area contributed by atoms with Crippen LogP contribution in [0.25, 0.3) is 0 Å². The van der Waals surface area contributed by atoms with Crippen LogP contribution in [0.1, 0.15) is 61.5 Å². The van der Waals surface area contributed by atoms with Crippen molar-refractivity contribution >= 4 is 21.6 Å². The number of nitrogens with one attached hydrogen (secondary N) is 1. The molecule has 0 aliphatic carbocycles. The van der Waals surface area contributed by atoms with Gasteiger partial charge in [0.1, 0.15) is 5.75 Å². The molecule has 0 fully saturated rings. The van der Waals surface area contributed by atoms with Gasteiger partial charge in [-0.1, -0.05) is 19.1 Å². The van der Waals surface area contributed by atoms with Gasteiger partial charge < -0.3 is 19.5 Å². The number of likely N-dealkylation sites (N-methyl/N-ethyl adjacent to an activating group) is 1. The number of carbonyl (C=O) groups excluding carboxylic acids is 1. The molecule has 0 aromatic heterocycles. The summed E-state index contributed by atoms with van der Waals surface area (Å²) in [5.74, 6) is -0.302. The van der Waals surface area contributed by atoms with Gasteiger partial charge in [-0.05, 0) is 76.1 Å². The lowest BCUT2D eigenvalue weighted by molar-refractivity contribution is -0.137. The number of fused-ring (bicyclic) bond motifs is 1. The molecule has 1 aliphatic heterocycles. The van der Waals surface area contributed by atoms with Crippen LogP contribution in [-0.2, 0) is 27.5 Å². The molecule has 0 saturated carbocycles. The van der Waals surface area contributed by atoms with Crippen molar-refractivity contribution in [2.75, 3.05) is 44.3 Å². The molecule has 1 amide bonds. The molecule has 1 heterocycles. The van der Waals surface area contributed by atoms with Gasteiger partial charge in [0, 0.05) is 37.8 Å². The van der Waals surface area contributed by atoms with Crippen LogP contribution in [0.5, 0.6) is 5.75 Å². The number of carbonyl (C=O) groups is 1. The molecule has 0 bridgehead atoms. The van der Waals surface area contributed by atoms with E-state index in [0.717, 1.165) is 36.8 Å². The third kappa shape index (κ3) is 10.6. The molecule has 246 valence electrons. The van der Waals surface area contributed by atoms with Crippen LogP contribution in [0.15, 0.2) is 42.5 Å². The number of benzene rings is 2. The van der Waals surface area contributed by atoms with Gasteiger partial charge >= 0.3 is 6.18 Å². The summed E-state index contributed by atoms with van der Waals surface area (Å²) >= 11 is 0. The molecule has 4 atom stereocenters. The Hall–Kier alpha value is -2.87. The fraction of sp³-hybridized carbons (Fsp3) is 0.581. The maximum atomic E-state index is 14.1. The van der Waals surface area contributed by atoms with Crippen molar-refractivity contribution in [3.8, 4) is 5.75 Å². The van der Waals surface area contributed by atoms with Crippen LogP contribution in [0.3, 0.4) is 0 Å². The number of amides is 1. The Labute approximate surface area is 258 Å². The molecular formula is C31H44F3N3O6S. The summed E-state index contributed by atoms with van der Waals surface area (Å²) in [5.41, 5.74) is 0.415. The van der Waals surface area contributed by atoms with E-state index in [2.05, 4.69) is 4.72 Å². The quantitative estimate of drug-likeness (QED) is 0.417. The smallest absolute Gasteiger partial charge is 0.416 e. The molecule has 9 nitrogen and oxygen atoms in total. The summed E-state index contributed by atoms with van der Waals surface area (Å²) in [6, 6.07) is 9.08. The first kappa shape index (κ1) is 35.6. The number of hydrogen-bond acceptors (Lipinski definition) is 7. The third-order valence-corrected chi connectivity index (χ3v) is 8.19. The zero-order valence-electron chi connectivity index (χ0n) is 25.9. The Bertz CT molecular complexity index is 1340. The number of sulfonamides is 1. The van der Waals surface area contributed by atoms with Crippen molar-refractivity contribution in [1.29, 1.82) is 0 Å². The summed E-state index contributed by atoms with van der Waals surface area (Å²) in [6.07, 6.45) is -1.64. The maximum absolute atomic E-state index is 14.1. The van der Waals surface area contributed by atoms with E-state index in [-0.39, 0.29) is 42.5 Å². The largest absolute Gasteiger partial charge is 0.490 e. The van der Waals surface area contributed by atoms with Crippen molar-refractivity contribution in [3.63, 3.8) is 0 Å². The average molecular weight is 644 g/mol. The Balaban J connectivity index is 1.88.